The van der Waals surface area contributed by atoms with E-state index in [4.69, 9.17) is 9.47 Å². The first-order valence-electron chi connectivity index (χ1n) is 12.4. The molecular formula is C26H22F6N4O3. The van der Waals surface area contributed by atoms with Gasteiger partial charge in [-0.3, -0.25) is 9.55 Å². The van der Waals surface area contributed by atoms with Crippen LogP contribution in [0.2, 0.25) is 0 Å². The number of ether oxygens (including phenoxy) is 2. The molecule has 0 N–H and O–H groups in total. The van der Waals surface area contributed by atoms with Crippen LogP contribution in [0.5, 0.6) is 17.4 Å². The summed E-state index contributed by atoms with van der Waals surface area (Å²) in [6, 6.07) is 5.66. The second-order valence-electron chi connectivity index (χ2n) is 10.1. The predicted molar refractivity (Wildman–Crippen MR) is 125 cm³/mol. The summed E-state index contributed by atoms with van der Waals surface area (Å²) in [6.45, 7) is 1.08. The van der Waals surface area contributed by atoms with Gasteiger partial charge in [0, 0.05) is 56.2 Å². The van der Waals surface area contributed by atoms with Gasteiger partial charge in [0.25, 0.3) is 5.92 Å². The minimum Gasteiger partial charge on any atom is -0.473 e. The molecule has 7 nitrogen and oxygen atoms in total. The molecule has 6 rings (SSSR count). The SMILES string of the molecule is O=c1nc(OCc2cc(F)c(Oc3ccnc(C(F)(F)C4CC(F)(F)C4)c3)c(F)c2)cc2n1CC1CCCN21. The molecule has 0 amide bonds. The van der Waals surface area contributed by atoms with E-state index in [1.807, 2.05) is 0 Å². The van der Waals surface area contributed by atoms with Crippen molar-refractivity contribution in [2.24, 2.45) is 5.92 Å². The van der Waals surface area contributed by atoms with Crippen LogP contribution in [0.15, 0.2) is 41.3 Å². The van der Waals surface area contributed by atoms with Crippen molar-refractivity contribution in [2.75, 3.05) is 11.4 Å². The molecule has 1 aromatic carbocycles. The van der Waals surface area contributed by atoms with Crippen LogP contribution in [-0.2, 0) is 19.1 Å². The second kappa shape index (κ2) is 9.16. The minimum atomic E-state index is -3.66. The Hall–Kier alpha value is -3.77. The van der Waals surface area contributed by atoms with Crippen LogP contribution in [0, 0.1) is 17.6 Å². The molecule has 39 heavy (non-hydrogen) atoms. The van der Waals surface area contributed by atoms with Gasteiger partial charge in [0.1, 0.15) is 23.9 Å². The van der Waals surface area contributed by atoms with E-state index in [1.165, 1.54) is 0 Å². The van der Waals surface area contributed by atoms with Crippen molar-refractivity contribution >= 4 is 5.82 Å². The Morgan fingerprint density at radius 2 is 1.85 bits per heavy atom. The molecule has 13 heteroatoms. The highest BCUT2D eigenvalue weighted by Crippen LogP contribution is 2.53. The number of aromatic nitrogens is 3. The number of anilines is 1. The van der Waals surface area contributed by atoms with Crippen LogP contribution in [-0.4, -0.2) is 33.0 Å². The zero-order valence-corrected chi connectivity index (χ0v) is 20.3. The molecule has 2 aromatic heterocycles. The number of alkyl halides is 4. The van der Waals surface area contributed by atoms with Gasteiger partial charge in [-0.1, -0.05) is 0 Å². The molecule has 1 saturated heterocycles. The molecule has 0 bridgehead atoms. The number of hydrogen-bond donors (Lipinski definition) is 0. The van der Waals surface area contributed by atoms with E-state index in [-0.39, 0.29) is 29.8 Å². The molecular weight excluding hydrogens is 530 g/mol. The predicted octanol–water partition coefficient (Wildman–Crippen LogP) is 5.41. The van der Waals surface area contributed by atoms with Crippen molar-refractivity contribution in [3.05, 3.63) is 69.9 Å². The maximum Gasteiger partial charge on any atom is 0.352 e. The molecule has 0 spiro atoms. The summed E-state index contributed by atoms with van der Waals surface area (Å²) in [6.07, 6.45) is 0.992. The molecule has 2 fully saturated rings. The summed E-state index contributed by atoms with van der Waals surface area (Å²) >= 11 is 0. The fraction of sp³-hybridized carbons (Fsp3) is 0.423. The van der Waals surface area contributed by atoms with Crippen LogP contribution < -0.4 is 20.1 Å². The zero-order valence-electron chi connectivity index (χ0n) is 20.3. The normalized spacial score (nSPS) is 19.9. The van der Waals surface area contributed by atoms with Crippen molar-refractivity contribution in [3.8, 4) is 17.4 Å². The number of benzene rings is 1. The van der Waals surface area contributed by atoms with Crippen LogP contribution in [0.1, 0.15) is 36.9 Å². The third-order valence-corrected chi connectivity index (χ3v) is 7.37. The molecule has 1 unspecified atom stereocenters. The Bertz CT molecular complexity index is 1470. The number of nitrogens with zero attached hydrogens (tertiary/aromatic N) is 4. The maximum atomic E-state index is 14.8. The quantitative estimate of drug-likeness (QED) is 0.366. The lowest BCUT2D eigenvalue weighted by atomic mass is 9.76. The Morgan fingerprint density at radius 3 is 2.56 bits per heavy atom. The molecule has 1 atom stereocenters. The summed E-state index contributed by atoms with van der Waals surface area (Å²) in [7, 11) is 0. The largest absolute Gasteiger partial charge is 0.473 e. The highest BCUT2D eigenvalue weighted by molar-refractivity contribution is 5.48. The smallest absolute Gasteiger partial charge is 0.352 e. The number of hydrogen-bond acceptors (Lipinski definition) is 6. The average Bonchev–Trinajstić information content (AvgIpc) is 3.46. The van der Waals surface area contributed by atoms with Crippen LogP contribution in [0.4, 0.5) is 32.2 Å². The standard InChI is InChI=1S/C26H22F6N4O3/c27-18-6-14(13-38-21-9-22-35-5-1-2-16(35)12-36(22)24(37)34-21)7-19(28)23(18)39-17-3-4-33-20(8-17)26(31,32)15-10-25(29,30)11-15/h3-4,6-9,15-16H,1-2,5,10-13H2. The van der Waals surface area contributed by atoms with Crippen molar-refractivity contribution < 1.29 is 35.8 Å². The molecule has 1 saturated carbocycles. The van der Waals surface area contributed by atoms with Gasteiger partial charge in [-0.05, 0) is 36.6 Å². The number of rotatable bonds is 7. The van der Waals surface area contributed by atoms with Gasteiger partial charge in [0.15, 0.2) is 17.4 Å². The maximum absolute atomic E-state index is 14.8. The highest BCUT2D eigenvalue weighted by Gasteiger charge is 2.57. The summed E-state index contributed by atoms with van der Waals surface area (Å²) in [5, 5.41) is 0. The van der Waals surface area contributed by atoms with Gasteiger partial charge < -0.3 is 14.4 Å². The number of fused-ring (bicyclic) bond motifs is 3. The Kier molecular flexibility index (Phi) is 5.99. The van der Waals surface area contributed by atoms with E-state index in [0.717, 1.165) is 49.8 Å². The Labute approximate surface area is 218 Å². The van der Waals surface area contributed by atoms with Gasteiger partial charge in [-0.15, -0.1) is 0 Å². The third kappa shape index (κ3) is 4.67. The van der Waals surface area contributed by atoms with Crippen molar-refractivity contribution in [3.63, 3.8) is 0 Å². The van der Waals surface area contributed by atoms with Gasteiger partial charge in [-0.2, -0.15) is 13.8 Å². The molecule has 1 aliphatic carbocycles. The lowest BCUT2D eigenvalue weighted by molar-refractivity contribution is -0.199. The first-order chi connectivity index (χ1) is 18.5. The van der Waals surface area contributed by atoms with E-state index in [0.29, 0.717) is 12.4 Å². The summed E-state index contributed by atoms with van der Waals surface area (Å²) < 4.78 is 97.3. The van der Waals surface area contributed by atoms with Crippen LogP contribution >= 0.6 is 0 Å². The van der Waals surface area contributed by atoms with Crippen molar-refractivity contribution in [1.82, 2.24) is 14.5 Å². The van der Waals surface area contributed by atoms with E-state index in [1.54, 1.807) is 10.6 Å². The summed E-state index contributed by atoms with van der Waals surface area (Å²) in [4.78, 5) is 22.0. The van der Waals surface area contributed by atoms with Gasteiger partial charge in [-0.25, -0.2) is 22.4 Å². The minimum absolute atomic E-state index is 0.0226. The fourth-order valence-corrected chi connectivity index (χ4v) is 5.35. The lowest BCUT2D eigenvalue weighted by Gasteiger charge is -2.39. The molecule has 0 radical (unpaired) electrons. The van der Waals surface area contributed by atoms with Gasteiger partial charge >= 0.3 is 5.69 Å². The van der Waals surface area contributed by atoms with E-state index in [9.17, 15) is 31.1 Å². The Balaban J connectivity index is 1.16. The second-order valence-corrected chi connectivity index (χ2v) is 10.1. The zero-order chi connectivity index (χ0) is 27.5. The summed E-state index contributed by atoms with van der Waals surface area (Å²) in [5.74, 6) is -11.1. The molecule has 4 heterocycles. The van der Waals surface area contributed by atoms with Gasteiger partial charge in [0.2, 0.25) is 11.8 Å². The topological polar surface area (TPSA) is 69.5 Å². The fourth-order valence-electron chi connectivity index (χ4n) is 5.35. The van der Waals surface area contributed by atoms with E-state index < -0.39 is 59.4 Å². The van der Waals surface area contributed by atoms with E-state index in [2.05, 4.69) is 14.9 Å². The molecule has 3 aromatic rings. The van der Waals surface area contributed by atoms with E-state index >= 15 is 0 Å². The number of halogens is 6. The average molecular weight is 552 g/mol. The van der Waals surface area contributed by atoms with Crippen LogP contribution in [0.3, 0.4) is 0 Å². The molecule has 3 aliphatic rings. The Morgan fingerprint density at radius 1 is 1.10 bits per heavy atom. The van der Waals surface area contributed by atoms with Gasteiger partial charge in [0.05, 0.1) is 0 Å². The first kappa shape index (κ1) is 25.5. The van der Waals surface area contributed by atoms with Crippen molar-refractivity contribution in [1.29, 1.82) is 0 Å². The summed E-state index contributed by atoms with van der Waals surface area (Å²) in [5.41, 5.74) is -1.22. The highest BCUT2D eigenvalue weighted by atomic mass is 19.3. The van der Waals surface area contributed by atoms with Crippen LogP contribution in [0.25, 0.3) is 0 Å². The molecule has 2 aliphatic heterocycles. The molecule has 206 valence electrons. The first-order valence-corrected chi connectivity index (χ1v) is 12.4. The number of pyridine rings is 1. The third-order valence-electron chi connectivity index (χ3n) is 7.37. The monoisotopic (exact) mass is 552 g/mol. The lowest BCUT2D eigenvalue weighted by Crippen LogP contribution is -2.44. The van der Waals surface area contributed by atoms with Crippen molar-refractivity contribution in [2.45, 2.75) is 56.7 Å².